The molecule has 0 aromatic carbocycles. The molecule has 98 valence electrons. The number of hydrogen-bond donors (Lipinski definition) is 3. The normalized spacial score (nSPS) is 15.2. The quantitative estimate of drug-likeness (QED) is 0.536. The molecule has 1 saturated carbocycles. The van der Waals surface area contributed by atoms with Crippen LogP contribution in [0.3, 0.4) is 0 Å². The second kappa shape index (κ2) is 5.35. The fourth-order valence-electron chi connectivity index (χ4n) is 2.24. The number of aryl methyl sites for hydroxylation is 1. The van der Waals surface area contributed by atoms with Gasteiger partial charge in [-0.1, -0.05) is 0 Å². The van der Waals surface area contributed by atoms with Gasteiger partial charge in [0.05, 0.1) is 6.61 Å². The summed E-state index contributed by atoms with van der Waals surface area (Å²) in [5.41, 5.74) is 7.08. The van der Waals surface area contributed by atoms with Crippen LogP contribution in [0.4, 0.5) is 5.82 Å². The van der Waals surface area contributed by atoms with Crippen LogP contribution in [0.5, 0.6) is 0 Å². The number of rotatable bonds is 5. The van der Waals surface area contributed by atoms with Crippen LogP contribution in [0.15, 0.2) is 12.1 Å². The average Bonchev–Trinajstić information content (AvgIpc) is 2.25. The maximum Gasteiger partial charge on any atom is 0.129 e. The van der Waals surface area contributed by atoms with E-state index >= 15 is 0 Å². The van der Waals surface area contributed by atoms with Gasteiger partial charge in [-0.05, 0) is 38.3 Å². The maximum absolute atomic E-state index is 9.18. The van der Waals surface area contributed by atoms with Crippen molar-refractivity contribution in [3.8, 4) is 0 Å². The minimum atomic E-state index is 0.0549. The predicted octanol–water partition coefficient (Wildman–Crippen LogP) is 1.03. The number of pyridine rings is 1. The maximum atomic E-state index is 9.18. The van der Waals surface area contributed by atoms with E-state index in [1.165, 1.54) is 6.42 Å². The Kier molecular flexibility index (Phi) is 3.81. The minimum Gasteiger partial charge on any atom is -0.395 e. The molecule has 0 spiro atoms. The van der Waals surface area contributed by atoms with Gasteiger partial charge in [-0.3, -0.25) is 5.41 Å². The van der Waals surface area contributed by atoms with Crippen LogP contribution in [0.2, 0.25) is 0 Å². The molecule has 1 aromatic heterocycles. The summed E-state index contributed by atoms with van der Waals surface area (Å²) in [6, 6.07) is 4.11. The monoisotopic (exact) mass is 248 g/mol. The van der Waals surface area contributed by atoms with Gasteiger partial charge in [0.25, 0.3) is 0 Å². The number of aromatic nitrogens is 1. The summed E-state index contributed by atoms with van der Waals surface area (Å²) < 4.78 is 0. The van der Waals surface area contributed by atoms with Crippen LogP contribution < -0.4 is 10.6 Å². The first-order valence-electron chi connectivity index (χ1n) is 6.32. The largest absolute Gasteiger partial charge is 0.395 e. The summed E-state index contributed by atoms with van der Waals surface area (Å²) >= 11 is 0. The molecule has 1 aliphatic rings. The fourth-order valence-corrected chi connectivity index (χ4v) is 2.24. The van der Waals surface area contributed by atoms with Crippen LogP contribution in [0.1, 0.15) is 30.5 Å². The highest BCUT2D eigenvalue weighted by Crippen LogP contribution is 2.28. The Morgan fingerprint density at radius 2 is 2.28 bits per heavy atom. The van der Waals surface area contributed by atoms with E-state index in [0.717, 1.165) is 24.4 Å². The van der Waals surface area contributed by atoms with Gasteiger partial charge in [-0.15, -0.1) is 0 Å². The van der Waals surface area contributed by atoms with Gasteiger partial charge in [0, 0.05) is 23.8 Å². The van der Waals surface area contributed by atoms with Crippen LogP contribution in [-0.2, 0) is 0 Å². The van der Waals surface area contributed by atoms with E-state index in [1.807, 2.05) is 19.1 Å². The summed E-state index contributed by atoms with van der Waals surface area (Å²) in [5, 5.41) is 16.7. The van der Waals surface area contributed by atoms with E-state index in [2.05, 4.69) is 9.88 Å². The molecular formula is C13H20N4O. The number of nitrogens with zero attached hydrogens (tertiary/aromatic N) is 2. The third-order valence-electron chi connectivity index (χ3n) is 3.40. The van der Waals surface area contributed by atoms with Gasteiger partial charge < -0.3 is 15.7 Å². The molecule has 0 atom stereocenters. The van der Waals surface area contributed by atoms with E-state index < -0.39 is 0 Å². The highest BCUT2D eigenvalue weighted by Gasteiger charge is 2.26. The van der Waals surface area contributed by atoms with Crippen molar-refractivity contribution in [2.45, 2.75) is 32.2 Å². The molecular weight excluding hydrogens is 228 g/mol. The van der Waals surface area contributed by atoms with Crippen LogP contribution in [0.25, 0.3) is 0 Å². The first kappa shape index (κ1) is 12.8. The van der Waals surface area contributed by atoms with Crippen LogP contribution in [-0.4, -0.2) is 35.1 Å². The van der Waals surface area contributed by atoms with Crippen molar-refractivity contribution in [2.75, 3.05) is 18.1 Å². The van der Waals surface area contributed by atoms with Crippen molar-refractivity contribution in [1.29, 1.82) is 5.41 Å². The fraction of sp³-hybridized carbons (Fsp3) is 0.538. The third-order valence-corrected chi connectivity index (χ3v) is 3.40. The number of anilines is 1. The minimum absolute atomic E-state index is 0.0549. The second-order valence-electron chi connectivity index (χ2n) is 4.77. The Balaban J connectivity index is 2.30. The number of nitrogens with one attached hydrogen (secondary N) is 1. The summed E-state index contributed by atoms with van der Waals surface area (Å²) in [6.45, 7) is 2.59. The topological polar surface area (TPSA) is 86.2 Å². The van der Waals surface area contributed by atoms with E-state index in [4.69, 9.17) is 11.1 Å². The molecule has 0 amide bonds. The van der Waals surface area contributed by atoms with Crippen molar-refractivity contribution in [2.24, 2.45) is 5.73 Å². The summed E-state index contributed by atoms with van der Waals surface area (Å²) in [4.78, 5) is 6.63. The zero-order valence-corrected chi connectivity index (χ0v) is 10.7. The van der Waals surface area contributed by atoms with Crippen LogP contribution >= 0.6 is 0 Å². The van der Waals surface area contributed by atoms with Gasteiger partial charge in [0.15, 0.2) is 0 Å². The van der Waals surface area contributed by atoms with Crippen molar-refractivity contribution in [3.05, 3.63) is 23.4 Å². The summed E-state index contributed by atoms with van der Waals surface area (Å²) in [5.74, 6) is 0.873. The Hall–Kier alpha value is -1.62. The number of nitrogen functional groups attached to an aromatic ring is 1. The molecule has 4 N–H and O–H groups in total. The molecule has 0 aliphatic heterocycles. The number of nitrogens with two attached hydrogens (primary N) is 1. The highest BCUT2D eigenvalue weighted by atomic mass is 16.3. The molecule has 0 unspecified atom stereocenters. The number of aliphatic hydroxyl groups excluding tert-OH is 1. The van der Waals surface area contributed by atoms with Gasteiger partial charge in [-0.25, -0.2) is 4.98 Å². The van der Waals surface area contributed by atoms with E-state index in [1.54, 1.807) is 0 Å². The molecule has 5 nitrogen and oxygen atoms in total. The van der Waals surface area contributed by atoms with Crippen LogP contribution in [0, 0.1) is 12.3 Å². The lowest BCUT2D eigenvalue weighted by molar-refractivity contribution is 0.283. The standard InChI is InChI=1S/C13H20N4O/c1-9-7-10(13(14)15)8-12(16-9)17(5-6-18)11-3-2-4-11/h7-8,11,18H,2-6H2,1H3,(H3,14,15). The lowest BCUT2D eigenvalue weighted by Crippen LogP contribution is -2.42. The molecule has 5 heteroatoms. The molecule has 18 heavy (non-hydrogen) atoms. The van der Waals surface area contributed by atoms with Crippen molar-refractivity contribution in [3.63, 3.8) is 0 Å². The van der Waals surface area contributed by atoms with E-state index in [9.17, 15) is 5.11 Å². The average molecular weight is 248 g/mol. The molecule has 1 fully saturated rings. The zero-order chi connectivity index (χ0) is 13.1. The third kappa shape index (κ3) is 2.61. The smallest absolute Gasteiger partial charge is 0.129 e. The Morgan fingerprint density at radius 1 is 1.56 bits per heavy atom. The van der Waals surface area contributed by atoms with E-state index in [0.29, 0.717) is 18.2 Å². The lowest BCUT2D eigenvalue weighted by Gasteiger charge is -2.38. The summed E-state index contributed by atoms with van der Waals surface area (Å²) in [7, 11) is 0. The number of amidine groups is 1. The SMILES string of the molecule is Cc1cc(C(=N)N)cc(N(CCO)C2CCC2)n1. The van der Waals surface area contributed by atoms with Gasteiger partial charge in [0.2, 0.25) is 0 Å². The molecule has 1 aliphatic carbocycles. The summed E-state index contributed by atoms with van der Waals surface area (Å²) in [6.07, 6.45) is 3.52. The second-order valence-corrected chi connectivity index (χ2v) is 4.77. The predicted molar refractivity (Wildman–Crippen MR) is 72.1 cm³/mol. The number of hydrogen-bond acceptors (Lipinski definition) is 4. The first-order chi connectivity index (χ1) is 8.61. The van der Waals surface area contributed by atoms with E-state index in [-0.39, 0.29) is 12.4 Å². The first-order valence-corrected chi connectivity index (χ1v) is 6.32. The molecule has 0 radical (unpaired) electrons. The van der Waals surface area contributed by atoms with Crippen molar-refractivity contribution < 1.29 is 5.11 Å². The molecule has 0 bridgehead atoms. The Labute approximate surface area is 107 Å². The van der Waals surface area contributed by atoms with Gasteiger partial charge >= 0.3 is 0 Å². The molecule has 2 rings (SSSR count). The Bertz CT molecular complexity index is 443. The van der Waals surface area contributed by atoms with Crippen molar-refractivity contribution >= 4 is 11.7 Å². The van der Waals surface area contributed by atoms with Crippen molar-refractivity contribution in [1.82, 2.24) is 4.98 Å². The van der Waals surface area contributed by atoms with Gasteiger partial charge in [0.1, 0.15) is 11.7 Å². The molecule has 0 saturated heterocycles. The highest BCUT2D eigenvalue weighted by molar-refractivity contribution is 5.95. The van der Waals surface area contributed by atoms with Gasteiger partial charge in [-0.2, -0.15) is 0 Å². The lowest BCUT2D eigenvalue weighted by atomic mass is 9.91. The zero-order valence-electron chi connectivity index (χ0n) is 10.7. The number of aliphatic hydroxyl groups is 1. The molecule has 1 heterocycles. The Morgan fingerprint density at radius 3 is 2.78 bits per heavy atom. The molecule has 1 aromatic rings.